The lowest BCUT2D eigenvalue weighted by Crippen LogP contribution is -2.26. The fraction of sp³-hybridized carbons (Fsp3) is 0.0625. The average molecular weight is 322 g/mol. The summed E-state index contributed by atoms with van der Waals surface area (Å²) in [7, 11) is 1.78. The third-order valence-electron chi connectivity index (χ3n) is 3.72. The molecular formula is C16H14N6O2. The summed E-state index contributed by atoms with van der Waals surface area (Å²) in [6.07, 6.45) is 0.968. The second-order valence-corrected chi connectivity index (χ2v) is 5.11. The Hall–Kier alpha value is -3.55. The van der Waals surface area contributed by atoms with E-state index in [2.05, 4.69) is 4.98 Å². The summed E-state index contributed by atoms with van der Waals surface area (Å²) < 4.78 is 1.27. The highest BCUT2D eigenvalue weighted by Crippen LogP contribution is 2.30. The lowest BCUT2D eigenvalue weighted by atomic mass is 10.2. The fourth-order valence-corrected chi connectivity index (χ4v) is 2.52. The van der Waals surface area contributed by atoms with Crippen LogP contribution in [0.25, 0.3) is 10.9 Å². The van der Waals surface area contributed by atoms with Crippen molar-refractivity contribution in [2.45, 2.75) is 0 Å². The number of para-hydroxylation sites is 1. The van der Waals surface area contributed by atoms with Gasteiger partial charge in [0.25, 0.3) is 5.69 Å². The molecule has 0 radical (unpaired) electrons. The highest BCUT2D eigenvalue weighted by Gasteiger charge is 2.16. The Morgan fingerprint density at radius 1 is 1.25 bits per heavy atom. The lowest BCUT2D eigenvalue weighted by Gasteiger charge is -2.21. The van der Waals surface area contributed by atoms with E-state index in [0.29, 0.717) is 16.7 Å². The second kappa shape index (κ2) is 5.92. The van der Waals surface area contributed by atoms with Gasteiger partial charge in [0, 0.05) is 30.3 Å². The predicted octanol–water partition coefficient (Wildman–Crippen LogP) is 2.65. The van der Waals surface area contributed by atoms with Crippen molar-refractivity contribution < 1.29 is 4.92 Å². The molecule has 0 aliphatic rings. The molecule has 0 saturated carbocycles. The molecule has 1 heterocycles. The predicted molar refractivity (Wildman–Crippen MR) is 90.9 cm³/mol. The Balaban J connectivity index is 2.34. The van der Waals surface area contributed by atoms with Crippen LogP contribution in [0.15, 0.2) is 48.5 Å². The van der Waals surface area contributed by atoms with Crippen molar-refractivity contribution in [2.75, 3.05) is 11.9 Å². The van der Waals surface area contributed by atoms with Gasteiger partial charge in [0.15, 0.2) is 0 Å². The van der Waals surface area contributed by atoms with Crippen LogP contribution in [0.1, 0.15) is 0 Å². The molecule has 0 aliphatic heterocycles. The number of nitrogens with one attached hydrogen (secondary N) is 2. The number of fused-ring (bicyclic) bond motifs is 1. The van der Waals surface area contributed by atoms with E-state index in [9.17, 15) is 10.1 Å². The van der Waals surface area contributed by atoms with Crippen LogP contribution in [-0.4, -0.2) is 27.9 Å². The standard InChI is InChI=1S/C16H14N6O2/c1-20(11-5-3-2-4-6-11)15-13-9-12(22(23)24)7-8-14(13)21(10-17)16(18)19-15/h2-10,17-18H,1H3. The van der Waals surface area contributed by atoms with Gasteiger partial charge in [0.2, 0.25) is 5.62 Å². The van der Waals surface area contributed by atoms with E-state index in [-0.39, 0.29) is 11.3 Å². The average Bonchev–Trinajstić information content (AvgIpc) is 2.60. The van der Waals surface area contributed by atoms with Crippen LogP contribution in [-0.2, 0) is 0 Å². The van der Waals surface area contributed by atoms with Gasteiger partial charge in [-0.05, 0) is 18.2 Å². The van der Waals surface area contributed by atoms with Crippen molar-refractivity contribution in [3.05, 3.63) is 64.3 Å². The number of nitro groups is 1. The minimum atomic E-state index is -0.477. The number of nitro benzene ring substituents is 1. The van der Waals surface area contributed by atoms with E-state index in [0.717, 1.165) is 12.0 Å². The maximum Gasteiger partial charge on any atom is 0.270 e. The molecule has 2 aromatic carbocycles. The number of rotatable bonds is 4. The minimum absolute atomic E-state index is 0.0683. The molecule has 0 unspecified atom stereocenters. The maximum absolute atomic E-state index is 11.1. The van der Waals surface area contributed by atoms with Gasteiger partial charge < -0.3 is 4.90 Å². The Bertz CT molecular complexity index is 997. The summed E-state index contributed by atoms with van der Waals surface area (Å²) in [5, 5.41) is 27.1. The summed E-state index contributed by atoms with van der Waals surface area (Å²) in [6, 6.07) is 13.7. The molecule has 3 rings (SSSR count). The van der Waals surface area contributed by atoms with Gasteiger partial charge in [-0.15, -0.1) is 0 Å². The van der Waals surface area contributed by atoms with E-state index in [4.69, 9.17) is 10.8 Å². The third-order valence-corrected chi connectivity index (χ3v) is 3.72. The van der Waals surface area contributed by atoms with E-state index in [1.807, 2.05) is 30.3 Å². The first-order chi connectivity index (χ1) is 11.5. The molecule has 0 amide bonds. The molecule has 0 saturated heterocycles. The molecule has 1 aromatic heterocycles. The highest BCUT2D eigenvalue weighted by atomic mass is 16.6. The Morgan fingerprint density at radius 3 is 2.58 bits per heavy atom. The van der Waals surface area contributed by atoms with E-state index < -0.39 is 4.92 Å². The van der Waals surface area contributed by atoms with Gasteiger partial charge in [0.1, 0.15) is 5.82 Å². The minimum Gasteiger partial charge on any atom is -0.329 e. The van der Waals surface area contributed by atoms with Gasteiger partial charge in [-0.3, -0.25) is 25.5 Å². The highest BCUT2D eigenvalue weighted by molar-refractivity contribution is 5.95. The first-order valence-electron chi connectivity index (χ1n) is 7.07. The van der Waals surface area contributed by atoms with Crippen molar-refractivity contribution in [1.29, 1.82) is 10.8 Å². The molecule has 8 heteroatoms. The zero-order valence-corrected chi connectivity index (χ0v) is 12.8. The number of aromatic nitrogens is 2. The van der Waals surface area contributed by atoms with Crippen molar-refractivity contribution in [1.82, 2.24) is 9.55 Å². The largest absolute Gasteiger partial charge is 0.329 e. The topological polar surface area (TPSA) is 112 Å². The van der Waals surface area contributed by atoms with Crippen LogP contribution in [0.3, 0.4) is 0 Å². The van der Waals surface area contributed by atoms with Gasteiger partial charge >= 0.3 is 0 Å². The van der Waals surface area contributed by atoms with Crippen LogP contribution in [0.4, 0.5) is 17.2 Å². The number of nitrogens with zero attached hydrogens (tertiary/aromatic N) is 4. The smallest absolute Gasteiger partial charge is 0.270 e. The SMILES string of the molecule is CN(c1ccccc1)c1nc(=N)n(C=N)c2ccc([N+](=O)[O-])cc12. The van der Waals surface area contributed by atoms with E-state index in [1.165, 1.54) is 22.8 Å². The molecule has 3 aromatic rings. The zero-order valence-electron chi connectivity index (χ0n) is 12.8. The first kappa shape index (κ1) is 15.3. The summed E-state index contributed by atoms with van der Waals surface area (Å²) in [4.78, 5) is 16.6. The molecule has 24 heavy (non-hydrogen) atoms. The van der Waals surface area contributed by atoms with Crippen LogP contribution in [0.2, 0.25) is 0 Å². The second-order valence-electron chi connectivity index (χ2n) is 5.11. The molecule has 120 valence electrons. The van der Waals surface area contributed by atoms with Gasteiger partial charge in [-0.25, -0.2) is 0 Å². The molecule has 0 atom stereocenters. The molecular weight excluding hydrogens is 308 g/mol. The van der Waals surface area contributed by atoms with E-state index in [1.54, 1.807) is 11.9 Å². The lowest BCUT2D eigenvalue weighted by molar-refractivity contribution is -0.384. The quantitative estimate of drug-likeness (QED) is 0.333. The first-order valence-corrected chi connectivity index (χ1v) is 7.07. The fourth-order valence-electron chi connectivity index (χ4n) is 2.52. The molecule has 0 aliphatic carbocycles. The van der Waals surface area contributed by atoms with E-state index >= 15 is 0 Å². The van der Waals surface area contributed by atoms with Crippen molar-refractivity contribution in [3.8, 4) is 0 Å². The zero-order chi connectivity index (χ0) is 17.3. The number of benzene rings is 2. The molecule has 8 nitrogen and oxygen atoms in total. The summed E-state index contributed by atoms with van der Waals surface area (Å²) >= 11 is 0. The Morgan fingerprint density at radius 2 is 1.96 bits per heavy atom. The van der Waals surface area contributed by atoms with Crippen molar-refractivity contribution in [2.24, 2.45) is 0 Å². The molecule has 0 bridgehead atoms. The normalized spacial score (nSPS) is 10.5. The molecule has 0 fully saturated rings. The summed E-state index contributed by atoms with van der Waals surface area (Å²) in [5.74, 6) is 0.419. The Kier molecular flexibility index (Phi) is 3.78. The Labute approximate surface area is 136 Å². The maximum atomic E-state index is 11.1. The number of hydrogen-bond donors (Lipinski definition) is 2. The van der Waals surface area contributed by atoms with Gasteiger partial charge in [-0.1, -0.05) is 18.2 Å². The monoisotopic (exact) mass is 322 g/mol. The van der Waals surface area contributed by atoms with Crippen molar-refractivity contribution in [3.63, 3.8) is 0 Å². The van der Waals surface area contributed by atoms with Crippen LogP contribution < -0.4 is 10.5 Å². The van der Waals surface area contributed by atoms with Crippen molar-refractivity contribution >= 4 is 34.4 Å². The van der Waals surface area contributed by atoms with Crippen LogP contribution in [0, 0.1) is 20.9 Å². The van der Waals surface area contributed by atoms with Gasteiger partial charge in [0.05, 0.1) is 16.8 Å². The number of non-ortho nitro benzene ring substituents is 1. The van der Waals surface area contributed by atoms with Crippen LogP contribution in [0.5, 0.6) is 0 Å². The number of hydrogen-bond acceptors (Lipinski definition) is 6. The van der Waals surface area contributed by atoms with Gasteiger partial charge in [-0.2, -0.15) is 4.98 Å². The van der Waals surface area contributed by atoms with Crippen LogP contribution >= 0.6 is 0 Å². The summed E-state index contributed by atoms with van der Waals surface area (Å²) in [5.41, 5.74) is 1.16. The summed E-state index contributed by atoms with van der Waals surface area (Å²) in [6.45, 7) is 0. The number of anilines is 2. The molecule has 0 spiro atoms. The molecule has 2 N–H and O–H groups in total. The third kappa shape index (κ3) is 2.50.